The van der Waals surface area contributed by atoms with E-state index in [4.69, 9.17) is 4.42 Å². The first-order valence-electron chi connectivity index (χ1n) is 6.18. The van der Waals surface area contributed by atoms with Crippen LogP contribution in [0, 0.1) is 0 Å². The van der Waals surface area contributed by atoms with Gasteiger partial charge in [-0.1, -0.05) is 0 Å². The van der Waals surface area contributed by atoms with Crippen LogP contribution < -0.4 is 0 Å². The number of hydrogen-bond donors (Lipinski definition) is 0. The lowest BCUT2D eigenvalue weighted by atomic mass is 10.2. The number of carbonyl (C=O) groups is 3. The predicted octanol–water partition coefficient (Wildman–Crippen LogP) is 0.543. The molecule has 6 heteroatoms. The summed E-state index contributed by atoms with van der Waals surface area (Å²) in [5.74, 6) is -0.163. The molecule has 0 radical (unpaired) electrons. The Bertz CT molecular complexity index is 473. The molecule has 1 aromatic rings. The number of nitrogens with zero attached hydrogens (tertiary/aromatic N) is 2. The van der Waals surface area contributed by atoms with Crippen molar-refractivity contribution in [1.82, 2.24) is 9.80 Å². The smallest absolute Gasteiger partial charge is 0.289 e. The predicted molar refractivity (Wildman–Crippen MR) is 66.5 cm³/mol. The van der Waals surface area contributed by atoms with Gasteiger partial charge in [0.25, 0.3) is 5.91 Å². The van der Waals surface area contributed by atoms with Crippen molar-refractivity contribution >= 4 is 17.6 Å². The van der Waals surface area contributed by atoms with Gasteiger partial charge in [0, 0.05) is 26.2 Å². The van der Waals surface area contributed by atoms with E-state index in [0.29, 0.717) is 31.9 Å². The van der Waals surface area contributed by atoms with Gasteiger partial charge in [-0.3, -0.25) is 14.4 Å². The van der Waals surface area contributed by atoms with Crippen molar-refractivity contribution in [3.63, 3.8) is 0 Å². The largest absolute Gasteiger partial charge is 0.459 e. The second-order valence-electron chi connectivity index (χ2n) is 4.53. The van der Waals surface area contributed by atoms with Crippen LogP contribution in [0.25, 0.3) is 0 Å². The molecule has 0 N–H and O–H groups in total. The van der Waals surface area contributed by atoms with Crippen LogP contribution in [0.1, 0.15) is 23.9 Å². The maximum Gasteiger partial charge on any atom is 0.289 e. The van der Waals surface area contributed by atoms with E-state index in [1.807, 2.05) is 0 Å². The fourth-order valence-corrected chi connectivity index (χ4v) is 2.04. The molecule has 1 aromatic heterocycles. The number of hydrogen-bond acceptors (Lipinski definition) is 4. The van der Waals surface area contributed by atoms with Crippen molar-refractivity contribution in [1.29, 1.82) is 0 Å². The molecule has 6 nitrogen and oxygen atoms in total. The second kappa shape index (κ2) is 5.69. The van der Waals surface area contributed by atoms with Gasteiger partial charge in [-0.2, -0.15) is 0 Å². The molecule has 0 saturated carbocycles. The number of piperazine rings is 1. The maximum atomic E-state index is 12.0. The molecule has 0 atom stereocenters. The van der Waals surface area contributed by atoms with Crippen molar-refractivity contribution < 1.29 is 18.8 Å². The molecule has 0 bridgehead atoms. The fraction of sp³-hybridized carbons (Fsp3) is 0.462. The molecule has 1 aliphatic rings. The summed E-state index contributed by atoms with van der Waals surface area (Å²) in [6.45, 7) is 3.23. The van der Waals surface area contributed by atoms with Gasteiger partial charge in [0.15, 0.2) is 5.76 Å². The normalized spacial score (nSPS) is 15.4. The zero-order chi connectivity index (χ0) is 13.8. The van der Waals surface area contributed by atoms with Crippen molar-refractivity contribution in [2.24, 2.45) is 0 Å². The van der Waals surface area contributed by atoms with Crippen LogP contribution in [0.5, 0.6) is 0 Å². The molecule has 0 aliphatic carbocycles. The van der Waals surface area contributed by atoms with E-state index in [2.05, 4.69) is 0 Å². The topological polar surface area (TPSA) is 70.8 Å². The second-order valence-corrected chi connectivity index (χ2v) is 4.53. The van der Waals surface area contributed by atoms with Gasteiger partial charge < -0.3 is 14.2 Å². The molecule has 102 valence electrons. The minimum atomic E-state index is -0.169. The van der Waals surface area contributed by atoms with Gasteiger partial charge in [0.1, 0.15) is 5.78 Å². The van der Waals surface area contributed by atoms with E-state index in [-0.39, 0.29) is 24.0 Å². The maximum absolute atomic E-state index is 12.0. The number of ketones is 1. The van der Waals surface area contributed by atoms with E-state index in [1.54, 1.807) is 21.9 Å². The number of carbonyl (C=O) groups excluding carboxylic acids is 3. The molecular formula is C13H16N2O4. The quantitative estimate of drug-likeness (QED) is 0.747. The highest BCUT2D eigenvalue weighted by molar-refractivity contribution is 5.97. The minimum Gasteiger partial charge on any atom is -0.459 e. The standard InChI is InChI=1S/C13H16N2O4/c1-10(16)9-12(17)14-4-6-15(7-5-14)13(18)11-3-2-8-19-11/h2-3,8H,4-7,9H2,1H3. The fourth-order valence-electron chi connectivity index (χ4n) is 2.04. The average Bonchev–Trinajstić information content (AvgIpc) is 2.91. The SMILES string of the molecule is CC(=O)CC(=O)N1CCN(C(=O)c2ccco2)CC1. The summed E-state index contributed by atoms with van der Waals surface area (Å²) >= 11 is 0. The van der Waals surface area contributed by atoms with Gasteiger partial charge in [-0.05, 0) is 19.1 Å². The highest BCUT2D eigenvalue weighted by Gasteiger charge is 2.26. The van der Waals surface area contributed by atoms with Crippen LogP contribution in [0.2, 0.25) is 0 Å². The zero-order valence-electron chi connectivity index (χ0n) is 10.8. The van der Waals surface area contributed by atoms with Gasteiger partial charge in [-0.15, -0.1) is 0 Å². The Morgan fingerprint density at radius 1 is 1.16 bits per heavy atom. The average molecular weight is 264 g/mol. The third-order valence-corrected chi connectivity index (χ3v) is 3.05. The van der Waals surface area contributed by atoms with Crippen molar-refractivity contribution in [3.05, 3.63) is 24.2 Å². The third-order valence-electron chi connectivity index (χ3n) is 3.05. The molecule has 1 aliphatic heterocycles. The molecule has 0 spiro atoms. The Hall–Kier alpha value is -2.11. The van der Waals surface area contributed by atoms with E-state index in [1.165, 1.54) is 13.2 Å². The Kier molecular flexibility index (Phi) is 3.99. The summed E-state index contributed by atoms with van der Waals surface area (Å²) in [6, 6.07) is 3.29. The van der Waals surface area contributed by atoms with Gasteiger partial charge in [0.05, 0.1) is 12.7 Å². The Balaban J connectivity index is 1.87. The monoisotopic (exact) mass is 264 g/mol. The van der Waals surface area contributed by atoms with E-state index < -0.39 is 0 Å². The lowest BCUT2D eigenvalue weighted by Crippen LogP contribution is -2.50. The summed E-state index contributed by atoms with van der Waals surface area (Å²) in [7, 11) is 0. The Labute approximate surface area is 111 Å². The number of amides is 2. The van der Waals surface area contributed by atoms with Crippen LogP contribution in [0.4, 0.5) is 0 Å². The molecule has 2 heterocycles. The van der Waals surface area contributed by atoms with E-state index in [9.17, 15) is 14.4 Å². The molecule has 1 fully saturated rings. The number of rotatable bonds is 3. The minimum absolute atomic E-state index is 0.0634. The molecular weight excluding hydrogens is 248 g/mol. The molecule has 2 rings (SSSR count). The first-order chi connectivity index (χ1) is 9.08. The van der Waals surface area contributed by atoms with Crippen molar-refractivity contribution in [2.45, 2.75) is 13.3 Å². The number of furan rings is 1. The van der Waals surface area contributed by atoms with Gasteiger partial charge in [0.2, 0.25) is 5.91 Å². The molecule has 0 aromatic carbocycles. The lowest BCUT2D eigenvalue weighted by molar-refractivity contribution is -0.136. The zero-order valence-corrected chi connectivity index (χ0v) is 10.8. The van der Waals surface area contributed by atoms with Gasteiger partial charge in [-0.25, -0.2) is 0 Å². The van der Waals surface area contributed by atoms with Gasteiger partial charge >= 0.3 is 0 Å². The van der Waals surface area contributed by atoms with Crippen LogP contribution in [0.3, 0.4) is 0 Å². The summed E-state index contributed by atoms with van der Waals surface area (Å²) in [6.07, 6.45) is 1.39. The first kappa shape index (κ1) is 13.3. The molecule has 0 unspecified atom stereocenters. The summed E-state index contributed by atoms with van der Waals surface area (Å²) in [5, 5.41) is 0. The van der Waals surface area contributed by atoms with Crippen LogP contribution in [0.15, 0.2) is 22.8 Å². The first-order valence-corrected chi connectivity index (χ1v) is 6.18. The number of Topliss-reactive ketones (excluding diaryl/α,β-unsaturated/α-hetero) is 1. The Morgan fingerprint density at radius 2 is 1.79 bits per heavy atom. The summed E-state index contributed by atoms with van der Waals surface area (Å²) in [5.41, 5.74) is 0. The summed E-state index contributed by atoms with van der Waals surface area (Å²) < 4.78 is 5.06. The van der Waals surface area contributed by atoms with Crippen molar-refractivity contribution in [3.8, 4) is 0 Å². The molecule has 1 saturated heterocycles. The molecule has 2 amide bonds. The lowest BCUT2D eigenvalue weighted by Gasteiger charge is -2.34. The van der Waals surface area contributed by atoms with E-state index >= 15 is 0 Å². The Morgan fingerprint density at radius 3 is 2.32 bits per heavy atom. The van der Waals surface area contributed by atoms with Crippen LogP contribution >= 0.6 is 0 Å². The molecule has 19 heavy (non-hydrogen) atoms. The van der Waals surface area contributed by atoms with Crippen molar-refractivity contribution in [2.75, 3.05) is 26.2 Å². The van der Waals surface area contributed by atoms with Crippen LogP contribution in [-0.4, -0.2) is 53.6 Å². The third kappa shape index (κ3) is 3.21. The van der Waals surface area contributed by atoms with Crippen LogP contribution in [-0.2, 0) is 9.59 Å². The highest BCUT2D eigenvalue weighted by Crippen LogP contribution is 2.10. The highest BCUT2D eigenvalue weighted by atomic mass is 16.3. The summed E-state index contributed by atoms with van der Waals surface area (Å²) in [4.78, 5) is 37.9. The van der Waals surface area contributed by atoms with E-state index in [0.717, 1.165) is 0 Å².